The molecule has 1 heterocycles. The van der Waals surface area contributed by atoms with E-state index in [4.69, 9.17) is 0 Å². The smallest absolute Gasteiger partial charge is 0.176 e. The molecular weight excluding hydrogens is 212 g/mol. The van der Waals surface area contributed by atoms with E-state index in [1.54, 1.807) is 6.20 Å². The molecule has 2 rings (SSSR count). The van der Waals surface area contributed by atoms with Gasteiger partial charge in [0.25, 0.3) is 0 Å². The van der Waals surface area contributed by atoms with Gasteiger partial charge in [-0.2, -0.15) is 0 Å². The third-order valence-electron chi connectivity index (χ3n) is 2.64. The fourth-order valence-corrected chi connectivity index (χ4v) is 1.72. The average molecular weight is 228 g/mol. The lowest BCUT2D eigenvalue weighted by Crippen LogP contribution is -2.23. The van der Waals surface area contributed by atoms with E-state index in [1.807, 2.05) is 30.3 Å². The van der Waals surface area contributed by atoms with Crippen LogP contribution in [0.3, 0.4) is 0 Å². The average Bonchev–Trinajstić information content (AvgIpc) is 2.38. The number of fused-ring (bicyclic) bond motifs is 1. The zero-order valence-corrected chi connectivity index (χ0v) is 9.94. The van der Waals surface area contributed by atoms with E-state index in [2.05, 4.69) is 17.2 Å². The van der Waals surface area contributed by atoms with Crippen molar-refractivity contribution in [2.75, 3.05) is 13.1 Å². The van der Waals surface area contributed by atoms with E-state index >= 15 is 0 Å². The fourth-order valence-electron chi connectivity index (χ4n) is 1.72. The summed E-state index contributed by atoms with van der Waals surface area (Å²) in [4.78, 5) is 16.1. The largest absolute Gasteiger partial charge is 0.310 e. The van der Waals surface area contributed by atoms with E-state index < -0.39 is 0 Å². The van der Waals surface area contributed by atoms with Crippen LogP contribution in [0, 0.1) is 0 Å². The Hall–Kier alpha value is -1.74. The van der Waals surface area contributed by atoms with E-state index in [0.717, 1.165) is 29.4 Å². The maximum absolute atomic E-state index is 11.9. The van der Waals surface area contributed by atoms with Crippen LogP contribution in [0.25, 0.3) is 10.9 Å². The van der Waals surface area contributed by atoms with Crippen molar-refractivity contribution in [2.45, 2.75) is 13.3 Å². The Bertz CT molecular complexity index is 522. The maximum atomic E-state index is 11.9. The van der Waals surface area contributed by atoms with Crippen LogP contribution in [-0.2, 0) is 0 Å². The van der Waals surface area contributed by atoms with Crippen LogP contribution < -0.4 is 5.32 Å². The van der Waals surface area contributed by atoms with Crippen molar-refractivity contribution in [2.24, 2.45) is 0 Å². The van der Waals surface area contributed by atoms with Crippen LogP contribution in [0.4, 0.5) is 0 Å². The number of benzene rings is 1. The first-order valence-electron chi connectivity index (χ1n) is 5.90. The molecule has 0 unspecified atom stereocenters. The van der Waals surface area contributed by atoms with Crippen molar-refractivity contribution < 1.29 is 4.79 Å². The van der Waals surface area contributed by atoms with E-state index in [1.165, 1.54) is 0 Å². The normalized spacial score (nSPS) is 10.6. The number of Topliss-reactive ketones (excluding diaryl/α,β-unsaturated/α-hetero) is 1. The van der Waals surface area contributed by atoms with Gasteiger partial charge in [0.15, 0.2) is 5.78 Å². The lowest BCUT2D eigenvalue weighted by atomic mass is 10.1. The number of carbonyl (C=O) groups is 1. The number of ketones is 1. The number of pyridine rings is 1. The SMILES string of the molecule is CCCNCC(=O)c1ccc2cccnc2c1. The Morgan fingerprint density at radius 3 is 3.06 bits per heavy atom. The molecule has 0 spiro atoms. The Balaban J connectivity index is 2.15. The van der Waals surface area contributed by atoms with Gasteiger partial charge in [0.1, 0.15) is 0 Å². The molecule has 2 aromatic rings. The number of hydrogen-bond acceptors (Lipinski definition) is 3. The van der Waals surface area contributed by atoms with E-state index in [-0.39, 0.29) is 5.78 Å². The number of rotatable bonds is 5. The van der Waals surface area contributed by atoms with Gasteiger partial charge in [-0.25, -0.2) is 0 Å². The number of hydrogen-bond donors (Lipinski definition) is 1. The Labute approximate surface area is 101 Å². The highest BCUT2D eigenvalue weighted by Crippen LogP contribution is 2.13. The highest BCUT2D eigenvalue weighted by Gasteiger charge is 2.05. The first-order chi connectivity index (χ1) is 8.31. The molecule has 0 fully saturated rings. The molecule has 0 saturated heterocycles. The van der Waals surface area contributed by atoms with E-state index in [0.29, 0.717) is 6.54 Å². The van der Waals surface area contributed by atoms with Crippen LogP contribution in [-0.4, -0.2) is 23.9 Å². The van der Waals surface area contributed by atoms with Crippen LogP contribution in [0.1, 0.15) is 23.7 Å². The second-order valence-electron chi connectivity index (χ2n) is 4.01. The number of carbonyl (C=O) groups excluding carboxylic acids is 1. The molecule has 0 atom stereocenters. The summed E-state index contributed by atoms with van der Waals surface area (Å²) in [5.41, 5.74) is 1.59. The molecule has 88 valence electrons. The molecular formula is C14H16N2O. The summed E-state index contributed by atoms with van der Waals surface area (Å²) in [5, 5.41) is 4.17. The summed E-state index contributed by atoms with van der Waals surface area (Å²) in [6, 6.07) is 9.54. The first kappa shape index (κ1) is 11.7. The fraction of sp³-hybridized carbons (Fsp3) is 0.286. The molecule has 0 saturated carbocycles. The number of aromatic nitrogens is 1. The lowest BCUT2D eigenvalue weighted by molar-refractivity contribution is 0.0991. The standard InChI is InChI=1S/C14H16N2O/c1-2-7-15-10-14(17)12-6-5-11-4-3-8-16-13(11)9-12/h3-6,8-9,15H,2,7,10H2,1H3. The van der Waals surface area contributed by atoms with Crippen LogP contribution in [0.5, 0.6) is 0 Å². The predicted molar refractivity (Wildman–Crippen MR) is 69.2 cm³/mol. The molecule has 0 bridgehead atoms. The highest BCUT2D eigenvalue weighted by molar-refractivity contribution is 6.00. The molecule has 0 aliphatic heterocycles. The van der Waals surface area contributed by atoms with Crippen molar-refractivity contribution in [3.63, 3.8) is 0 Å². The topological polar surface area (TPSA) is 42.0 Å². The summed E-state index contributed by atoms with van der Waals surface area (Å²) in [7, 11) is 0. The van der Waals surface area contributed by atoms with Crippen LogP contribution in [0.2, 0.25) is 0 Å². The molecule has 1 N–H and O–H groups in total. The zero-order valence-electron chi connectivity index (χ0n) is 9.94. The Morgan fingerprint density at radius 2 is 2.24 bits per heavy atom. The van der Waals surface area contributed by atoms with Gasteiger partial charge in [-0.1, -0.05) is 25.1 Å². The summed E-state index contributed by atoms with van der Waals surface area (Å²) < 4.78 is 0. The molecule has 3 nitrogen and oxygen atoms in total. The quantitative estimate of drug-likeness (QED) is 0.631. The monoisotopic (exact) mass is 228 g/mol. The molecule has 1 aromatic heterocycles. The number of nitrogens with one attached hydrogen (secondary N) is 1. The van der Waals surface area contributed by atoms with Crippen molar-refractivity contribution in [3.8, 4) is 0 Å². The van der Waals surface area contributed by atoms with E-state index in [9.17, 15) is 4.79 Å². The summed E-state index contributed by atoms with van der Waals surface area (Å²) >= 11 is 0. The summed E-state index contributed by atoms with van der Waals surface area (Å²) in [6.07, 6.45) is 2.78. The Kier molecular flexibility index (Phi) is 3.83. The minimum Gasteiger partial charge on any atom is -0.310 e. The second-order valence-corrected chi connectivity index (χ2v) is 4.01. The lowest BCUT2D eigenvalue weighted by Gasteiger charge is -2.03. The van der Waals surface area contributed by atoms with Gasteiger partial charge < -0.3 is 5.32 Å². The maximum Gasteiger partial charge on any atom is 0.176 e. The van der Waals surface area contributed by atoms with Gasteiger partial charge in [0.2, 0.25) is 0 Å². The van der Waals surface area contributed by atoms with Crippen LogP contribution >= 0.6 is 0 Å². The third-order valence-corrected chi connectivity index (χ3v) is 2.64. The predicted octanol–water partition coefficient (Wildman–Crippen LogP) is 2.42. The van der Waals surface area contributed by atoms with Gasteiger partial charge in [0, 0.05) is 17.1 Å². The molecule has 0 aliphatic rings. The zero-order chi connectivity index (χ0) is 12.1. The molecule has 3 heteroatoms. The molecule has 0 radical (unpaired) electrons. The van der Waals surface area contributed by atoms with Gasteiger partial charge in [0.05, 0.1) is 12.1 Å². The van der Waals surface area contributed by atoms with Crippen molar-refractivity contribution in [3.05, 3.63) is 42.1 Å². The molecule has 0 aliphatic carbocycles. The second kappa shape index (κ2) is 5.55. The first-order valence-corrected chi connectivity index (χ1v) is 5.90. The minimum absolute atomic E-state index is 0.117. The number of nitrogens with zero attached hydrogens (tertiary/aromatic N) is 1. The van der Waals surface area contributed by atoms with Crippen LogP contribution in [0.15, 0.2) is 36.5 Å². The molecule has 17 heavy (non-hydrogen) atoms. The van der Waals surface area contributed by atoms with Gasteiger partial charge in [-0.3, -0.25) is 9.78 Å². The summed E-state index contributed by atoms with van der Waals surface area (Å²) in [6.45, 7) is 3.35. The van der Waals surface area contributed by atoms with Gasteiger partial charge in [-0.15, -0.1) is 0 Å². The van der Waals surface area contributed by atoms with Crippen molar-refractivity contribution in [1.29, 1.82) is 0 Å². The molecule has 0 amide bonds. The molecule has 1 aromatic carbocycles. The minimum atomic E-state index is 0.117. The van der Waals surface area contributed by atoms with Crippen molar-refractivity contribution in [1.82, 2.24) is 10.3 Å². The highest BCUT2D eigenvalue weighted by atomic mass is 16.1. The Morgan fingerprint density at radius 1 is 1.35 bits per heavy atom. The third kappa shape index (κ3) is 2.88. The van der Waals surface area contributed by atoms with Crippen molar-refractivity contribution >= 4 is 16.7 Å². The summed E-state index contributed by atoms with van der Waals surface area (Å²) in [5.74, 6) is 0.117. The van der Waals surface area contributed by atoms with Gasteiger partial charge >= 0.3 is 0 Å². The van der Waals surface area contributed by atoms with Gasteiger partial charge in [-0.05, 0) is 25.1 Å².